The van der Waals surface area contributed by atoms with Crippen molar-refractivity contribution in [3.05, 3.63) is 28.3 Å². The van der Waals surface area contributed by atoms with Gasteiger partial charge in [0.05, 0.1) is 7.11 Å². The number of hydrogen-bond acceptors (Lipinski definition) is 3. The van der Waals surface area contributed by atoms with Crippen molar-refractivity contribution in [2.45, 2.75) is 33.6 Å². The second-order valence-corrected chi connectivity index (χ2v) is 4.02. The Labute approximate surface area is 96.1 Å². The van der Waals surface area contributed by atoms with Gasteiger partial charge in [0.15, 0.2) is 0 Å². The van der Waals surface area contributed by atoms with Gasteiger partial charge in [-0.15, -0.1) is 0 Å². The second-order valence-electron chi connectivity index (χ2n) is 4.02. The summed E-state index contributed by atoms with van der Waals surface area (Å²) in [5.74, 6) is 0.112. The molecule has 0 aliphatic heterocycles. The van der Waals surface area contributed by atoms with Crippen LogP contribution >= 0.6 is 0 Å². The summed E-state index contributed by atoms with van der Waals surface area (Å²) in [7, 11) is 1.39. The molecular weight excluding hydrogens is 204 g/mol. The van der Waals surface area contributed by atoms with E-state index >= 15 is 0 Å². The molecule has 16 heavy (non-hydrogen) atoms. The lowest BCUT2D eigenvalue weighted by Gasteiger charge is -2.13. The maximum Gasteiger partial charge on any atom is 0.305 e. The molecule has 1 N–H and O–H groups in total. The number of phenolic OH excluding ortho intramolecular Hbond substituents is 1. The Hall–Kier alpha value is -1.51. The number of methoxy groups -OCH3 is 1. The standard InChI is InChI=1S/C13H18O3/c1-8-7-12(14)10(3)9(2)11(8)5-6-13(15)16-4/h7,14H,5-6H2,1-4H3. The summed E-state index contributed by atoms with van der Waals surface area (Å²) in [5, 5.41) is 9.64. The highest BCUT2D eigenvalue weighted by Crippen LogP contribution is 2.27. The molecule has 0 radical (unpaired) electrons. The molecule has 0 heterocycles. The first-order valence-corrected chi connectivity index (χ1v) is 5.32. The van der Waals surface area contributed by atoms with Crippen molar-refractivity contribution in [3.8, 4) is 5.75 Å². The Morgan fingerprint density at radius 1 is 1.31 bits per heavy atom. The van der Waals surface area contributed by atoms with Crippen LogP contribution in [0.5, 0.6) is 5.75 Å². The van der Waals surface area contributed by atoms with Gasteiger partial charge in [-0.05, 0) is 55.5 Å². The van der Waals surface area contributed by atoms with E-state index in [2.05, 4.69) is 4.74 Å². The van der Waals surface area contributed by atoms with Crippen molar-refractivity contribution < 1.29 is 14.6 Å². The first kappa shape index (κ1) is 12.6. The van der Waals surface area contributed by atoms with Gasteiger partial charge in [0, 0.05) is 6.42 Å². The zero-order valence-electron chi connectivity index (χ0n) is 10.3. The van der Waals surface area contributed by atoms with Crippen LogP contribution in [0.25, 0.3) is 0 Å². The molecule has 0 atom stereocenters. The predicted octanol–water partition coefficient (Wildman–Crippen LogP) is 2.42. The number of benzene rings is 1. The largest absolute Gasteiger partial charge is 0.508 e. The van der Waals surface area contributed by atoms with Crippen molar-refractivity contribution in [2.24, 2.45) is 0 Å². The smallest absolute Gasteiger partial charge is 0.305 e. The van der Waals surface area contributed by atoms with E-state index < -0.39 is 0 Å². The van der Waals surface area contributed by atoms with E-state index in [0.717, 1.165) is 22.3 Å². The lowest BCUT2D eigenvalue weighted by Crippen LogP contribution is -2.05. The summed E-state index contributed by atoms with van der Waals surface area (Å²) in [5.41, 5.74) is 4.08. The molecule has 1 aromatic carbocycles. The Balaban J connectivity index is 2.96. The number of phenols is 1. The highest BCUT2D eigenvalue weighted by molar-refractivity contribution is 5.69. The molecule has 0 amide bonds. The molecule has 0 fully saturated rings. The SMILES string of the molecule is COC(=O)CCc1c(C)cc(O)c(C)c1C. The van der Waals surface area contributed by atoms with Crippen molar-refractivity contribution >= 4 is 5.97 Å². The number of carbonyl (C=O) groups is 1. The maximum atomic E-state index is 11.1. The van der Waals surface area contributed by atoms with Crippen LogP contribution < -0.4 is 0 Å². The van der Waals surface area contributed by atoms with Gasteiger partial charge in [-0.3, -0.25) is 4.79 Å². The van der Waals surface area contributed by atoms with E-state index in [9.17, 15) is 9.90 Å². The van der Waals surface area contributed by atoms with Crippen LogP contribution in [0.15, 0.2) is 6.07 Å². The van der Waals surface area contributed by atoms with Crippen LogP contribution in [0.4, 0.5) is 0 Å². The van der Waals surface area contributed by atoms with Crippen LogP contribution in [-0.4, -0.2) is 18.2 Å². The molecule has 0 aliphatic carbocycles. The molecule has 0 unspecified atom stereocenters. The lowest BCUT2D eigenvalue weighted by molar-refractivity contribution is -0.140. The third-order valence-corrected chi connectivity index (χ3v) is 3.04. The second kappa shape index (κ2) is 5.01. The molecular formula is C13H18O3. The van der Waals surface area contributed by atoms with E-state index in [1.54, 1.807) is 6.07 Å². The zero-order chi connectivity index (χ0) is 12.3. The van der Waals surface area contributed by atoms with Crippen LogP contribution in [0.3, 0.4) is 0 Å². The molecule has 0 aromatic heterocycles. The number of aryl methyl sites for hydroxylation is 1. The fourth-order valence-electron chi connectivity index (χ4n) is 1.83. The van der Waals surface area contributed by atoms with Crippen LogP contribution in [-0.2, 0) is 16.0 Å². The van der Waals surface area contributed by atoms with Gasteiger partial charge in [0.2, 0.25) is 0 Å². The van der Waals surface area contributed by atoms with Crippen molar-refractivity contribution in [2.75, 3.05) is 7.11 Å². The van der Waals surface area contributed by atoms with Crippen LogP contribution in [0.1, 0.15) is 28.7 Å². The molecule has 0 spiro atoms. The first-order valence-electron chi connectivity index (χ1n) is 5.32. The number of ether oxygens (including phenoxy) is 1. The molecule has 1 rings (SSSR count). The van der Waals surface area contributed by atoms with Gasteiger partial charge in [-0.1, -0.05) is 0 Å². The predicted molar refractivity (Wildman–Crippen MR) is 62.7 cm³/mol. The minimum Gasteiger partial charge on any atom is -0.508 e. The number of aromatic hydroxyl groups is 1. The molecule has 3 heteroatoms. The van der Waals surface area contributed by atoms with Crippen molar-refractivity contribution in [1.29, 1.82) is 0 Å². The number of esters is 1. The Morgan fingerprint density at radius 2 is 1.94 bits per heavy atom. The third kappa shape index (κ3) is 2.54. The molecule has 0 saturated heterocycles. The molecule has 0 bridgehead atoms. The minimum atomic E-state index is -0.204. The Morgan fingerprint density at radius 3 is 2.50 bits per heavy atom. The molecule has 3 nitrogen and oxygen atoms in total. The van der Waals surface area contributed by atoms with Gasteiger partial charge < -0.3 is 9.84 Å². The average Bonchev–Trinajstić information content (AvgIpc) is 2.25. The fourth-order valence-corrected chi connectivity index (χ4v) is 1.83. The molecule has 0 aliphatic rings. The fraction of sp³-hybridized carbons (Fsp3) is 0.462. The minimum absolute atomic E-state index is 0.204. The topological polar surface area (TPSA) is 46.5 Å². The van der Waals surface area contributed by atoms with E-state index in [4.69, 9.17) is 0 Å². The van der Waals surface area contributed by atoms with E-state index in [-0.39, 0.29) is 5.97 Å². The summed E-state index contributed by atoms with van der Waals surface area (Å²) >= 11 is 0. The maximum absolute atomic E-state index is 11.1. The zero-order valence-corrected chi connectivity index (χ0v) is 10.3. The summed E-state index contributed by atoms with van der Waals surface area (Å²) in [4.78, 5) is 11.1. The van der Waals surface area contributed by atoms with E-state index in [1.807, 2.05) is 20.8 Å². The Bertz CT molecular complexity index is 408. The third-order valence-electron chi connectivity index (χ3n) is 3.04. The number of hydrogen-bond donors (Lipinski definition) is 1. The summed E-state index contributed by atoms with van der Waals surface area (Å²) in [6, 6.07) is 1.74. The van der Waals surface area contributed by atoms with E-state index in [0.29, 0.717) is 18.6 Å². The van der Waals surface area contributed by atoms with E-state index in [1.165, 1.54) is 7.11 Å². The van der Waals surface area contributed by atoms with Gasteiger partial charge in [-0.25, -0.2) is 0 Å². The summed E-state index contributed by atoms with van der Waals surface area (Å²) < 4.78 is 4.62. The van der Waals surface area contributed by atoms with Gasteiger partial charge in [0.1, 0.15) is 5.75 Å². The normalized spacial score (nSPS) is 10.2. The first-order chi connectivity index (χ1) is 7.47. The highest BCUT2D eigenvalue weighted by Gasteiger charge is 2.11. The van der Waals surface area contributed by atoms with Gasteiger partial charge >= 0.3 is 5.97 Å². The summed E-state index contributed by atoms with van der Waals surface area (Å²) in [6.45, 7) is 5.79. The molecule has 1 aromatic rings. The van der Waals surface area contributed by atoms with Gasteiger partial charge in [0.25, 0.3) is 0 Å². The Kier molecular flexibility index (Phi) is 3.93. The number of carbonyl (C=O) groups excluding carboxylic acids is 1. The summed E-state index contributed by atoms with van der Waals surface area (Å²) in [6.07, 6.45) is 1.04. The lowest BCUT2D eigenvalue weighted by atomic mass is 9.94. The highest BCUT2D eigenvalue weighted by atomic mass is 16.5. The molecule has 0 saturated carbocycles. The quantitative estimate of drug-likeness (QED) is 0.799. The van der Waals surface area contributed by atoms with Crippen molar-refractivity contribution in [3.63, 3.8) is 0 Å². The van der Waals surface area contributed by atoms with Gasteiger partial charge in [-0.2, -0.15) is 0 Å². The monoisotopic (exact) mass is 222 g/mol. The van der Waals surface area contributed by atoms with Crippen LogP contribution in [0, 0.1) is 20.8 Å². The molecule has 88 valence electrons. The van der Waals surface area contributed by atoms with Crippen LogP contribution in [0.2, 0.25) is 0 Å². The number of rotatable bonds is 3. The van der Waals surface area contributed by atoms with Crippen molar-refractivity contribution in [1.82, 2.24) is 0 Å². The average molecular weight is 222 g/mol.